The normalized spacial score (nSPS) is 19.8. The van der Waals surface area contributed by atoms with Gasteiger partial charge in [0.25, 0.3) is 0 Å². The Kier molecular flexibility index (Phi) is 5.81. The summed E-state index contributed by atoms with van der Waals surface area (Å²) >= 11 is 0. The second kappa shape index (κ2) is 6.89. The Labute approximate surface area is 99.4 Å². The van der Waals surface area contributed by atoms with Crippen molar-refractivity contribution >= 4 is 5.91 Å². The van der Waals surface area contributed by atoms with Gasteiger partial charge in [-0.3, -0.25) is 4.79 Å². The lowest BCUT2D eigenvalue weighted by Crippen LogP contribution is -2.48. The van der Waals surface area contributed by atoms with Gasteiger partial charge in [0.05, 0.1) is 6.04 Å². The van der Waals surface area contributed by atoms with Gasteiger partial charge in [-0.25, -0.2) is 0 Å². The lowest BCUT2D eigenvalue weighted by atomic mass is 9.93. The lowest BCUT2D eigenvalue weighted by molar-refractivity contribution is -0.123. The monoisotopic (exact) mass is 226 g/mol. The summed E-state index contributed by atoms with van der Waals surface area (Å²) in [6.45, 7) is 4.33. The minimum Gasteiger partial charge on any atom is -0.358 e. The summed E-state index contributed by atoms with van der Waals surface area (Å²) in [6.07, 6.45) is 7.35. The van der Waals surface area contributed by atoms with E-state index in [1.165, 1.54) is 32.1 Å². The third-order valence-corrected chi connectivity index (χ3v) is 3.31. The van der Waals surface area contributed by atoms with Crippen LogP contribution in [-0.4, -0.2) is 25.0 Å². The first kappa shape index (κ1) is 13.5. The standard InChI is InChI=1S/C13H26N2O/c1-10(2)9-12(13(16)14-3)15-11-7-5-4-6-8-11/h10-12,15H,4-9H2,1-3H3,(H,14,16). The van der Waals surface area contributed by atoms with Crippen molar-refractivity contribution in [2.24, 2.45) is 5.92 Å². The molecule has 0 saturated heterocycles. The molecule has 1 atom stereocenters. The summed E-state index contributed by atoms with van der Waals surface area (Å²) in [7, 11) is 1.72. The molecular weight excluding hydrogens is 200 g/mol. The van der Waals surface area contributed by atoms with Crippen LogP contribution >= 0.6 is 0 Å². The zero-order valence-corrected chi connectivity index (χ0v) is 10.9. The summed E-state index contributed by atoms with van der Waals surface area (Å²) in [5.74, 6) is 0.692. The maximum absolute atomic E-state index is 11.7. The Bertz CT molecular complexity index is 210. The number of likely N-dealkylation sites (N-methyl/N-ethyl adjacent to an activating group) is 1. The zero-order chi connectivity index (χ0) is 12.0. The molecule has 16 heavy (non-hydrogen) atoms. The highest BCUT2D eigenvalue weighted by atomic mass is 16.2. The molecule has 0 aromatic rings. The molecule has 1 amide bonds. The molecule has 0 aromatic carbocycles. The van der Waals surface area contributed by atoms with Gasteiger partial charge in [0.2, 0.25) is 5.91 Å². The molecule has 1 aliphatic rings. The topological polar surface area (TPSA) is 41.1 Å². The summed E-state index contributed by atoms with van der Waals surface area (Å²) in [4.78, 5) is 11.7. The van der Waals surface area contributed by atoms with E-state index >= 15 is 0 Å². The number of hydrogen-bond acceptors (Lipinski definition) is 2. The van der Waals surface area contributed by atoms with E-state index < -0.39 is 0 Å². The van der Waals surface area contributed by atoms with E-state index in [0.29, 0.717) is 12.0 Å². The average Bonchev–Trinajstić information content (AvgIpc) is 2.28. The van der Waals surface area contributed by atoms with Gasteiger partial charge >= 0.3 is 0 Å². The SMILES string of the molecule is CNC(=O)C(CC(C)C)NC1CCCCC1. The molecule has 94 valence electrons. The predicted octanol–water partition coefficient (Wildman–Crippen LogP) is 2.07. The number of nitrogens with one attached hydrogen (secondary N) is 2. The van der Waals surface area contributed by atoms with Gasteiger partial charge in [-0.1, -0.05) is 33.1 Å². The van der Waals surface area contributed by atoms with E-state index in [1.54, 1.807) is 7.05 Å². The number of carbonyl (C=O) groups excluding carboxylic acids is 1. The van der Waals surface area contributed by atoms with Crippen molar-refractivity contribution in [3.8, 4) is 0 Å². The first-order chi connectivity index (χ1) is 7.63. The maximum Gasteiger partial charge on any atom is 0.236 e. The Balaban J connectivity index is 2.44. The maximum atomic E-state index is 11.7. The Morgan fingerprint density at radius 2 is 1.88 bits per heavy atom. The number of hydrogen-bond donors (Lipinski definition) is 2. The predicted molar refractivity (Wildman–Crippen MR) is 67.3 cm³/mol. The van der Waals surface area contributed by atoms with Crippen molar-refractivity contribution in [1.82, 2.24) is 10.6 Å². The van der Waals surface area contributed by atoms with Crippen molar-refractivity contribution in [3.05, 3.63) is 0 Å². The Hall–Kier alpha value is -0.570. The molecule has 1 saturated carbocycles. The van der Waals surface area contributed by atoms with Crippen LogP contribution < -0.4 is 10.6 Å². The van der Waals surface area contributed by atoms with Crippen LogP contribution in [0.2, 0.25) is 0 Å². The molecule has 3 nitrogen and oxygen atoms in total. The minimum absolute atomic E-state index is 0.00639. The van der Waals surface area contributed by atoms with E-state index in [4.69, 9.17) is 0 Å². The molecule has 1 fully saturated rings. The van der Waals surface area contributed by atoms with Gasteiger partial charge in [0.15, 0.2) is 0 Å². The molecular formula is C13H26N2O. The van der Waals surface area contributed by atoms with Gasteiger partial charge in [0, 0.05) is 13.1 Å². The van der Waals surface area contributed by atoms with E-state index in [2.05, 4.69) is 24.5 Å². The van der Waals surface area contributed by atoms with Crippen LogP contribution in [0.3, 0.4) is 0 Å². The molecule has 1 rings (SSSR count). The molecule has 3 heteroatoms. The fraction of sp³-hybridized carbons (Fsp3) is 0.923. The van der Waals surface area contributed by atoms with Crippen LogP contribution in [0.4, 0.5) is 0 Å². The van der Waals surface area contributed by atoms with Gasteiger partial charge in [-0.2, -0.15) is 0 Å². The number of carbonyl (C=O) groups is 1. The number of amides is 1. The van der Waals surface area contributed by atoms with Gasteiger partial charge in [-0.05, 0) is 25.2 Å². The highest BCUT2D eigenvalue weighted by Crippen LogP contribution is 2.19. The summed E-state index contributed by atoms with van der Waals surface area (Å²) in [5, 5.41) is 6.28. The first-order valence-electron chi connectivity index (χ1n) is 6.61. The third kappa shape index (κ3) is 4.52. The average molecular weight is 226 g/mol. The fourth-order valence-corrected chi connectivity index (χ4v) is 2.45. The molecule has 0 aliphatic heterocycles. The van der Waals surface area contributed by atoms with E-state index in [9.17, 15) is 4.79 Å². The third-order valence-electron chi connectivity index (χ3n) is 3.31. The van der Waals surface area contributed by atoms with E-state index in [1.807, 2.05) is 0 Å². The molecule has 1 unspecified atom stereocenters. The van der Waals surface area contributed by atoms with Crippen molar-refractivity contribution < 1.29 is 4.79 Å². The Morgan fingerprint density at radius 1 is 1.25 bits per heavy atom. The van der Waals surface area contributed by atoms with Crippen molar-refractivity contribution in [1.29, 1.82) is 0 Å². The molecule has 0 aromatic heterocycles. The van der Waals surface area contributed by atoms with Crippen molar-refractivity contribution in [2.45, 2.75) is 64.5 Å². The van der Waals surface area contributed by atoms with Gasteiger partial charge < -0.3 is 10.6 Å². The van der Waals surface area contributed by atoms with Crippen LogP contribution in [0.1, 0.15) is 52.4 Å². The molecule has 1 aliphatic carbocycles. The quantitative estimate of drug-likeness (QED) is 0.753. The molecule has 0 radical (unpaired) electrons. The minimum atomic E-state index is -0.00639. The second-order valence-corrected chi connectivity index (χ2v) is 5.30. The van der Waals surface area contributed by atoms with Crippen molar-refractivity contribution in [3.63, 3.8) is 0 Å². The molecule has 0 spiro atoms. The van der Waals surface area contributed by atoms with Crippen LogP contribution in [0.25, 0.3) is 0 Å². The lowest BCUT2D eigenvalue weighted by Gasteiger charge is -2.28. The zero-order valence-electron chi connectivity index (χ0n) is 10.9. The van der Waals surface area contributed by atoms with Crippen LogP contribution in [0, 0.1) is 5.92 Å². The molecule has 0 bridgehead atoms. The smallest absolute Gasteiger partial charge is 0.236 e. The van der Waals surface area contributed by atoms with Crippen LogP contribution in [-0.2, 0) is 4.79 Å². The van der Waals surface area contributed by atoms with Crippen LogP contribution in [0.15, 0.2) is 0 Å². The van der Waals surface area contributed by atoms with E-state index in [0.717, 1.165) is 6.42 Å². The van der Waals surface area contributed by atoms with Crippen LogP contribution in [0.5, 0.6) is 0 Å². The van der Waals surface area contributed by atoms with Crippen molar-refractivity contribution in [2.75, 3.05) is 7.05 Å². The van der Waals surface area contributed by atoms with Gasteiger partial charge in [-0.15, -0.1) is 0 Å². The Morgan fingerprint density at radius 3 is 2.38 bits per heavy atom. The summed E-state index contributed by atoms with van der Waals surface area (Å²) < 4.78 is 0. The summed E-state index contributed by atoms with van der Waals surface area (Å²) in [5.41, 5.74) is 0. The summed E-state index contributed by atoms with van der Waals surface area (Å²) in [6, 6.07) is 0.544. The largest absolute Gasteiger partial charge is 0.358 e. The molecule has 2 N–H and O–H groups in total. The first-order valence-corrected chi connectivity index (χ1v) is 6.61. The second-order valence-electron chi connectivity index (χ2n) is 5.30. The fourth-order valence-electron chi connectivity index (χ4n) is 2.45. The highest BCUT2D eigenvalue weighted by molar-refractivity contribution is 5.81. The molecule has 0 heterocycles. The number of rotatable bonds is 5. The highest BCUT2D eigenvalue weighted by Gasteiger charge is 2.23. The van der Waals surface area contributed by atoms with Gasteiger partial charge in [0.1, 0.15) is 0 Å². The van der Waals surface area contributed by atoms with E-state index in [-0.39, 0.29) is 11.9 Å².